The molecule has 3 aromatic rings. The number of para-hydroxylation sites is 2. The summed E-state index contributed by atoms with van der Waals surface area (Å²) < 4.78 is 0. The number of likely N-dealkylation sites (tertiary alicyclic amines) is 1. The van der Waals surface area contributed by atoms with Crippen LogP contribution in [0.2, 0.25) is 0 Å². The Balaban J connectivity index is 1.14. The van der Waals surface area contributed by atoms with Crippen molar-refractivity contribution in [2.75, 3.05) is 29.5 Å². The number of nitrogens with zero attached hydrogens (tertiary/aromatic N) is 5. The summed E-state index contributed by atoms with van der Waals surface area (Å²) in [6.07, 6.45) is 9.62. The summed E-state index contributed by atoms with van der Waals surface area (Å²) in [5.41, 5.74) is 8.91. The molecule has 1 aromatic heterocycles. The number of piperidine rings is 2. The first-order valence-corrected chi connectivity index (χ1v) is 12.1. The molecule has 3 aliphatic heterocycles. The second-order valence-corrected chi connectivity index (χ2v) is 9.49. The van der Waals surface area contributed by atoms with E-state index in [1.165, 1.54) is 0 Å². The zero-order chi connectivity index (χ0) is 23.0. The van der Waals surface area contributed by atoms with Crippen molar-refractivity contribution in [2.45, 2.75) is 32.2 Å². The predicted octanol–water partition coefficient (Wildman–Crippen LogP) is 2.31. The smallest absolute Gasteiger partial charge is 0.229 e. The number of fused-ring (bicyclic) bond motifs is 1. The topological polar surface area (TPSA) is 81.2 Å². The van der Waals surface area contributed by atoms with E-state index in [-0.39, 0.29) is 5.41 Å². The van der Waals surface area contributed by atoms with E-state index in [4.69, 9.17) is 4.98 Å². The van der Waals surface area contributed by atoms with Gasteiger partial charge in [-0.15, -0.1) is 0 Å². The molecule has 0 radical (unpaired) electrons. The number of quaternary nitrogens is 1. The minimum Gasteiger partial charge on any atom is -0.355 e. The molecular formula is C26H30N7O+. The lowest BCUT2D eigenvalue weighted by atomic mass is 9.71. The number of aromatic nitrogens is 2. The number of rotatable bonds is 4. The molecule has 2 aromatic carbocycles. The van der Waals surface area contributed by atoms with Gasteiger partial charge in [0.2, 0.25) is 5.91 Å². The second-order valence-electron chi connectivity index (χ2n) is 9.49. The predicted molar refractivity (Wildman–Crippen MR) is 131 cm³/mol. The number of carbonyl (C=O) groups is 1. The van der Waals surface area contributed by atoms with E-state index in [1.807, 2.05) is 53.3 Å². The summed E-state index contributed by atoms with van der Waals surface area (Å²) in [5, 5.41) is 1.98. The number of hydrogen-bond donors (Lipinski definition) is 2. The van der Waals surface area contributed by atoms with E-state index in [0.29, 0.717) is 12.5 Å². The Morgan fingerprint density at radius 2 is 1.85 bits per heavy atom. The summed E-state index contributed by atoms with van der Waals surface area (Å²) in [7, 11) is 0. The van der Waals surface area contributed by atoms with E-state index < -0.39 is 0 Å². The molecule has 2 fully saturated rings. The number of benzene rings is 2. The molecule has 6 rings (SSSR count). The van der Waals surface area contributed by atoms with Crippen LogP contribution in [0.15, 0.2) is 67.1 Å². The van der Waals surface area contributed by atoms with Gasteiger partial charge in [-0.25, -0.2) is 15.4 Å². The van der Waals surface area contributed by atoms with Crippen LogP contribution in [-0.4, -0.2) is 40.4 Å². The number of amides is 1. The molecule has 0 bridgehead atoms. The third-order valence-corrected chi connectivity index (χ3v) is 7.41. The molecule has 8 heteroatoms. The fraction of sp³-hybridized carbons (Fsp3) is 0.346. The number of hydrogen-bond acceptors (Lipinski definition) is 6. The lowest BCUT2D eigenvalue weighted by Crippen LogP contribution is -2.87. The fourth-order valence-electron chi connectivity index (χ4n) is 5.51. The first-order chi connectivity index (χ1) is 16.7. The Hall–Kier alpha value is -3.49. The summed E-state index contributed by atoms with van der Waals surface area (Å²) in [6, 6.07) is 16.4. The summed E-state index contributed by atoms with van der Waals surface area (Å²) in [4.78, 5) is 27.5. The Morgan fingerprint density at radius 1 is 1.00 bits per heavy atom. The highest BCUT2D eigenvalue weighted by Crippen LogP contribution is 2.42. The molecule has 4 heterocycles. The van der Waals surface area contributed by atoms with Gasteiger partial charge in [0.05, 0.1) is 34.5 Å². The highest BCUT2D eigenvalue weighted by molar-refractivity contribution is 5.84. The Kier molecular flexibility index (Phi) is 5.39. The van der Waals surface area contributed by atoms with Crippen molar-refractivity contribution in [2.24, 2.45) is 5.41 Å². The van der Waals surface area contributed by atoms with Gasteiger partial charge in [-0.1, -0.05) is 29.8 Å². The summed E-state index contributed by atoms with van der Waals surface area (Å²) in [6.45, 7) is 3.17. The number of anilines is 2. The van der Waals surface area contributed by atoms with Crippen LogP contribution in [0.5, 0.6) is 0 Å². The van der Waals surface area contributed by atoms with E-state index in [1.54, 1.807) is 0 Å². The average molecular weight is 457 g/mol. The maximum atomic E-state index is 13.7. The molecule has 1 amide bonds. The van der Waals surface area contributed by atoms with Gasteiger partial charge in [-0.3, -0.25) is 9.78 Å². The van der Waals surface area contributed by atoms with Crippen LogP contribution in [0.4, 0.5) is 11.5 Å². The molecule has 2 saturated heterocycles. The van der Waals surface area contributed by atoms with Crippen LogP contribution in [0.3, 0.4) is 0 Å². The first kappa shape index (κ1) is 21.1. The quantitative estimate of drug-likeness (QED) is 0.587. The van der Waals surface area contributed by atoms with Crippen molar-refractivity contribution < 1.29 is 10.2 Å². The van der Waals surface area contributed by atoms with Crippen molar-refractivity contribution in [3.05, 3.63) is 72.7 Å². The molecule has 0 aliphatic carbocycles. The zero-order valence-corrected chi connectivity index (χ0v) is 19.2. The molecule has 1 spiro atoms. The van der Waals surface area contributed by atoms with Crippen molar-refractivity contribution in [3.8, 4) is 0 Å². The molecular weight excluding hydrogens is 426 g/mol. The van der Waals surface area contributed by atoms with Crippen LogP contribution in [0, 0.1) is 5.41 Å². The van der Waals surface area contributed by atoms with Gasteiger partial charge in [-0.05, 0) is 55.5 Å². The van der Waals surface area contributed by atoms with Crippen LogP contribution in [-0.2, 0) is 11.3 Å². The SMILES string of the molecule is O=C1N(Cc2cccc(N3C=C[NH2+]N3)c2)CCCC12CCN(c1cnc3ccccc3n1)CC2. The molecule has 174 valence electrons. The van der Waals surface area contributed by atoms with Gasteiger partial charge in [-0.2, -0.15) is 0 Å². The highest BCUT2D eigenvalue weighted by Gasteiger charge is 2.45. The largest absolute Gasteiger partial charge is 0.355 e. The Morgan fingerprint density at radius 3 is 2.68 bits per heavy atom. The standard InChI is InChI=1S/C26H29N7O/c34-25-26(10-14-31(15-11-26)24-18-27-22-7-1-2-8-23(22)29-24)9-4-13-32(25)19-20-5-3-6-21(17-20)33-16-12-28-30-33/h1-3,5-8,12,16-18,28,30H,4,9-11,13-15,19H2/p+1. The highest BCUT2D eigenvalue weighted by atomic mass is 16.2. The van der Waals surface area contributed by atoms with E-state index in [2.05, 4.69) is 44.6 Å². The van der Waals surface area contributed by atoms with Crippen molar-refractivity contribution in [1.82, 2.24) is 20.4 Å². The Labute approximate surface area is 199 Å². The van der Waals surface area contributed by atoms with Crippen LogP contribution < -0.4 is 20.9 Å². The maximum absolute atomic E-state index is 13.7. The normalized spacial score (nSPS) is 20.0. The second kappa shape index (κ2) is 8.70. The molecule has 3 aliphatic rings. The van der Waals surface area contributed by atoms with Gasteiger partial charge >= 0.3 is 0 Å². The maximum Gasteiger partial charge on any atom is 0.229 e. The Bertz CT molecular complexity index is 1230. The number of hydrazine groups is 1. The van der Waals surface area contributed by atoms with E-state index >= 15 is 0 Å². The van der Waals surface area contributed by atoms with Gasteiger partial charge < -0.3 is 9.80 Å². The zero-order valence-electron chi connectivity index (χ0n) is 19.2. The van der Waals surface area contributed by atoms with E-state index in [9.17, 15) is 4.79 Å². The van der Waals surface area contributed by atoms with Crippen LogP contribution >= 0.6 is 0 Å². The monoisotopic (exact) mass is 456 g/mol. The number of carbonyl (C=O) groups excluding carboxylic acids is 1. The first-order valence-electron chi connectivity index (χ1n) is 12.1. The fourth-order valence-corrected chi connectivity index (χ4v) is 5.51. The lowest BCUT2D eigenvalue weighted by molar-refractivity contribution is -0.640. The molecule has 8 nitrogen and oxygen atoms in total. The molecule has 0 saturated carbocycles. The number of nitrogens with one attached hydrogen (secondary N) is 1. The van der Waals surface area contributed by atoms with Crippen molar-refractivity contribution in [1.29, 1.82) is 0 Å². The molecule has 34 heavy (non-hydrogen) atoms. The van der Waals surface area contributed by atoms with Crippen molar-refractivity contribution in [3.63, 3.8) is 0 Å². The third kappa shape index (κ3) is 3.89. The third-order valence-electron chi connectivity index (χ3n) is 7.41. The summed E-state index contributed by atoms with van der Waals surface area (Å²) in [5.74, 6) is 1.23. The van der Waals surface area contributed by atoms with Gasteiger partial charge in [0.1, 0.15) is 12.0 Å². The summed E-state index contributed by atoms with van der Waals surface area (Å²) >= 11 is 0. The molecule has 3 N–H and O–H groups in total. The minimum absolute atomic E-state index is 0.245. The number of nitrogens with two attached hydrogens (primary N) is 1. The average Bonchev–Trinajstić information content (AvgIpc) is 3.43. The van der Waals surface area contributed by atoms with Gasteiger partial charge in [0.15, 0.2) is 0 Å². The minimum atomic E-state index is -0.245. The van der Waals surface area contributed by atoms with E-state index in [0.717, 1.165) is 73.4 Å². The lowest BCUT2D eigenvalue weighted by Gasteiger charge is -2.46. The van der Waals surface area contributed by atoms with Gasteiger partial charge in [0, 0.05) is 26.2 Å². The molecule has 0 unspecified atom stereocenters. The van der Waals surface area contributed by atoms with Gasteiger partial charge in [0.25, 0.3) is 0 Å². The van der Waals surface area contributed by atoms with Crippen LogP contribution in [0.25, 0.3) is 11.0 Å². The van der Waals surface area contributed by atoms with Crippen molar-refractivity contribution >= 4 is 28.4 Å². The van der Waals surface area contributed by atoms with Crippen LogP contribution in [0.1, 0.15) is 31.2 Å². The molecule has 0 atom stereocenters.